The van der Waals surface area contributed by atoms with Crippen LogP contribution in [0.4, 0.5) is 10.2 Å². The van der Waals surface area contributed by atoms with Gasteiger partial charge in [0, 0.05) is 73.1 Å². The number of carbonyl (C=O) groups is 2. The van der Waals surface area contributed by atoms with Crippen LogP contribution < -0.4 is 24.4 Å². The van der Waals surface area contributed by atoms with Gasteiger partial charge >= 0.3 is 0 Å². The summed E-state index contributed by atoms with van der Waals surface area (Å²) in [7, 11) is 0.357. The van der Waals surface area contributed by atoms with E-state index in [0.29, 0.717) is 77.7 Å². The highest BCUT2D eigenvalue weighted by molar-refractivity contribution is 7.88. The second kappa shape index (κ2) is 17.1. The lowest BCUT2D eigenvalue weighted by atomic mass is 9.97. The topological polar surface area (TPSA) is 161 Å². The van der Waals surface area contributed by atoms with Crippen LogP contribution in [-0.4, -0.2) is 110 Å². The molecule has 2 aliphatic heterocycles. The fraction of sp³-hybridized carbons (Fsp3) is 0.410. The molecule has 1 unspecified atom stereocenters. The highest BCUT2D eigenvalue weighted by atomic mass is 35.5. The third-order valence-corrected chi connectivity index (χ3v) is 12.4. The lowest BCUT2D eigenvalue weighted by Crippen LogP contribution is -2.46. The SMILES string of the molecule is COc1cc2nc3c(cc2c(OC)c1OC)CN(S(=O)(=O)Cc1ccc(Cl)cc1F)CCCCN(C(=O)c1cccn2cnnc12)CC(=O)NCC1CCCN3C1. The number of nitrogens with zero attached hydrogens (tertiary/aromatic N) is 7. The van der Waals surface area contributed by atoms with Crippen LogP contribution in [0.5, 0.6) is 17.2 Å². The van der Waals surface area contributed by atoms with Crippen LogP contribution in [-0.2, 0) is 27.1 Å². The number of pyridine rings is 2. The molecule has 57 heavy (non-hydrogen) atoms. The van der Waals surface area contributed by atoms with Crippen molar-refractivity contribution in [2.24, 2.45) is 5.92 Å². The molecule has 2 bridgehead atoms. The molecule has 302 valence electrons. The molecule has 5 aromatic rings. The third-order valence-electron chi connectivity index (χ3n) is 10.4. The number of ether oxygens (including phenoxy) is 3. The molecule has 7 rings (SSSR count). The molecule has 18 heteroatoms. The van der Waals surface area contributed by atoms with Gasteiger partial charge in [-0.2, -0.15) is 4.31 Å². The van der Waals surface area contributed by atoms with Gasteiger partial charge in [-0.15, -0.1) is 10.2 Å². The summed E-state index contributed by atoms with van der Waals surface area (Å²) in [5, 5.41) is 11.8. The maximum atomic E-state index is 15.1. The molecule has 2 aromatic carbocycles. The van der Waals surface area contributed by atoms with Crippen LogP contribution in [0.1, 0.15) is 47.2 Å². The Morgan fingerprint density at radius 2 is 1.81 bits per heavy atom. The van der Waals surface area contributed by atoms with Crippen LogP contribution >= 0.6 is 11.6 Å². The van der Waals surface area contributed by atoms with Crippen molar-refractivity contribution < 1.29 is 36.6 Å². The average Bonchev–Trinajstić information content (AvgIpc) is 3.69. The van der Waals surface area contributed by atoms with E-state index in [2.05, 4.69) is 20.4 Å². The normalized spacial score (nSPS) is 17.6. The lowest BCUT2D eigenvalue weighted by molar-refractivity contribution is -0.122. The Kier molecular flexibility index (Phi) is 12.0. The number of benzene rings is 2. The van der Waals surface area contributed by atoms with Crippen LogP contribution in [0.2, 0.25) is 5.02 Å². The summed E-state index contributed by atoms with van der Waals surface area (Å²) in [5.74, 6) is -0.289. The zero-order chi connectivity index (χ0) is 40.3. The smallest absolute Gasteiger partial charge is 0.258 e. The van der Waals surface area contributed by atoms with Crippen molar-refractivity contribution in [2.75, 3.05) is 65.5 Å². The van der Waals surface area contributed by atoms with E-state index in [1.165, 1.54) is 49.0 Å². The number of methoxy groups -OCH3 is 3. The van der Waals surface area contributed by atoms with Crippen LogP contribution in [0, 0.1) is 11.7 Å². The summed E-state index contributed by atoms with van der Waals surface area (Å²) in [6.07, 6.45) is 5.50. The monoisotopic (exact) mass is 822 g/mol. The fourth-order valence-electron chi connectivity index (χ4n) is 7.59. The first-order valence-corrected chi connectivity index (χ1v) is 20.6. The van der Waals surface area contributed by atoms with E-state index in [0.717, 1.165) is 18.9 Å². The number of hydrogen-bond donors (Lipinski definition) is 1. The Labute approximate surface area is 334 Å². The van der Waals surface area contributed by atoms with Crippen molar-refractivity contribution in [3.05, 3.63) is 82.5 Å². The third kappa shape index (κ3) is 8.55. The summed E-state index contributed by atoms with van der Waals surface area (Å²) in [6.45, 7) is 1.41. The molecular formula is C39H44ClFN8O7S. The maximum Gasteiger partial charge on any atom is 0.258 e. The number of sulfonamides is 1. The number of fused-ring (bicyclic) bond motifs is 6. The number of halogens is 2. The Morgan fingerprint density at radius 1 is 1.00 bits per heavy atom. The second-order valence-electron chi connectivity index (χ2n) is 14.2. The first-order chi connectivity index (χ1) is 27.5. The molecule has 2 aliphatic rings. The number of amides is 2. The minimum absolute atomic E-state index is 0.0220. The van der Waals surface area contributed by atoms with Gasteiger partial charge in [-0.1, -0.05) is 17.7 Å². The predicted octanol–water partition coefficient (Wildman–Crippen LogP) is 4.70. The summed E-state index contributed by atoms with van der Waals surface area (Å²) in [6, 6.07) is 10.9. The zero-order valence-corrected chi connectivity index (χ0v) is 33.5. The van der Waals surface area contributed by atoms with Gasteiger partial charge < -0.3 is 29.3 Å². The Morgan fingerprint density at radius 3 is 2.58 bits per heavy atom. The quantitative estimate of drug-likeness (QED) is 0.243. The van der Waals surface area contributed by atoms with Crippen molar-refractivity contribution in [3.8, 4) is 17.2 Å². The minimum atomic E-state index is -4.18. The Balaban J connectivity index is 1.30. The summed E-state index contributed by atoms with van der Waals surface area (Å²) >= 11 is 6.00. The van der Waals surface area contributed by atoms with Crippen molar-refractivity contribution >= 4 is 55.8 Å². The van der Waals surface area contributed by atoms with Gasteiger partial charge in [-0.05, 0) is 61.9 Å². The molecule has 1 fully saturated rings. The Bertz CT molecular complexity index is 2420. The molecule has 3 aromatic heterocycles. The first-order valence-electron chi connectivity index (χ1n) is 18.6. The number of aromatic nitrogens is 4. The maximum absolute atomic E-state index is 15.1. The molecule has 1 atom stereocenters. The number of hydrogen-bond acceptors (Lipinski definition) is 11. The minimum Gasteiger partial charge on any atom is -0.493 e. The van der Waals surface area contributed by atoms with E-state index in [9.17, 15) is 18.0 Å². The highest BCUT2D eigenvalue weighted by Gasteiger charge is 2.31. The van der Waals surface area contributed by atoms with Crippen molar-refractivity contribution in [3.63, 3.8) is 0 Å². The molecule has 15 nitrogen and oxygen atoms in total. The van der Waals surface area contributed by atoms with E-state index >= 15 is 4.39 Å². The van der Waals surface area contributed by atoms with Gasteiger partial charge in [0.2, 0.25) is 21.7 Å². The first kappa shape index (κ1) is 40.0. The molecule has 2 amide bonds. The molecule has 1 N–H and O–H groups in total. The molecule has 1 saturated heterocycles. The second-order valence-corrected chi connectivity index (χ2v) is 16.6. The van der Waals surface area contributed by atoms with Crippen LogP contribution in [0.15, 0.2) is 55.0 Å². The van der Waals surface area contributed by atoms with Gasteiger partial charge in [-0.3, -0.25) is 14.0 Å². The summed E-state index contributed by atoms with van der Waals surface area (Å²) in [4.78, 5) is 36.2. The van der Waals surface area contributed by atoms with Gasteiger partial charge in [0.05, 0.1) is 44.7 Å². The van der Waals surface area contributed by atoms with E-state index < -0.39 is 27.5 Å². The highest BCUT2D eigenvalue weighted by Crippen LogP contribution is 2.44. The average molecular weight is 823 g/mol. The van der Waals surface area contributed by atoms with E-state index in [-0.39, 0.29) is 54.2 Å². The summed E-state index contributed by atoms with van der Waals surface area (Å²) < 4.78 is 64.0. The van der Waals surface area contributed by atoms with E-state index in [1.807, 2.05) is 6.07 Å². The molecule has 0 spiro atoms. The largest absolute Gasteiger partial charge is 0.493 e. The van der Waals surface area contributed by atoms with Gasteiger partial charge in [-0.25, -0.2) is 17.8 Å². The van der Waals surface area contributed by atoms with E-state index in [1.54, 1.807) is 28.8 Å². The molecule has 0 radical (unpaired) electrons. The molecule has 5 heterocycles. The van der Waals surface area contributed by atoms with Crippen molar-refractivity contribution in [1.82, 2.24) is 34.1 Å². The number of piperidine rings is 1. The number of carbonyl (C=O) groups excluding carboxylic acids is 2. The number of nitrogens with one attached hydrogen (secondary N) is 1. The standard InChI is InChI=1S/C39H44ClFN8O7S/c1-54-33-18-32-30(35(55-2)36(33)56-3)16-27-21-49(57(52,53)23-26-10-11-28(40)17-31(26)41)15-5-4-12-47(39(51)29-9-7-14-48-24-43-45-38(29)48)22-34(50)42-19-25-8-6-13-46(20-25)37(27)44-32/h7,9-11,14,16-18,24-25H,4-6,8,12-13,15,19-23H2,1-3H3,(H,42,50). The number of rotatable bonds is 7. The number of anilines is 1. The van der Waals surface area contributed by atoms with Crippen molar-refractivity contribution in [1.29, 1.82) is 0 Å². The van der Waals surface area contributed by atoms with Gasteiger partial charge in [0.1, 0.15) is 18.0 Å². The van der Waals surface area contributed by atoms with Gasteiger partial charge in [0.15, 0.2) is 17.1 Å². The molecular weight excluding hydrogens is 779 g/mol. The summed E-state index contributed by atoms with van der Waals surface area (Å²) in [5.41, 5.74) is 1.78. The van der Waals surface area contributed by atoms with Gasteiger partial charge in [0.25, 0.3) is 5.91 Å². The molecule has 0 saturated carbocycles. The van der Waals surface area contributed by atoms with Crippen LogP contribution in [0.25, 0.3) is 16.6 Å². The van der Waals surface area contributed by atoms with E-state index in [4.69, 9.17) is 30.8 Å². The Hall–Kier alpha value is -5.26. The lowest BCUT2D eigenvalue weighted by Gasteiger charge is -2.36. The fourth-order valence-corrected chi connectivity index (χ4v) is 9.30. The van der Waals surface area contributed by atoms with Crippen LogP contribution in [0.3, 0.4) is 0 Å². The predicted molar refractivity (Wildman–Crippen MR) is 212 cm³/mol. The zero-order valence-electron chi connectivity index (χ0n) is 31.9. The molecule has 0 aliphatic carbocycles. The van der Waals surface area contributed by atoms with Crippen molar-refractivity contribution in [2.45, 2.75) is 38.0 Å².